The van der Waals surface area contributed by atoms with Crippen molar-refractivity contribution in [3.8, 4) is 22.6 Å². The van der Waals surface area contributed by atoms with Crippen molar-refractivity contribution in [1.29, 1.82) is 0 Å². The van der Waals surface area contributed by atoms with Gasteiger partial charge in [0.05, 0.1) is 7.11 Å². The van der Waals surface area contributed by atoms with E-state index < -0.39 is 50.3 Å². The first kappa shape index (κ1) is 24.5. The highest BCUT2D eigenvalue weighted by Gasteiger charge is 2.49. The molecule has 0 saturated heterocycles. The van der Waals surface area contributed by atoms with Gasteiger partial charge in [-0.1, -0.05) is 26.0 Å². The van der Waals surface area contributed by atoms with Crippen LogP contribution >= 0.6 is 0 Å². The van der Waals surface area contributed by atoms with Crippen LogP contribution in [0.15, 0.2) is 30.3 Å². The van der Waals surface area contributed by atoms with Gasteiger partial charge in [-0.25, -0.2) is 9.18 Å². The van der Waals surface area contributed by atoms with E-state index >= 15 is 0 Å². The highest BCUT2D eigenvalue weighted by atomic mass is 32.2. The molecule has 2 aromatic carbocycles. The van der Waals surface area contributed by atoms with Gasteiger partial charge >= 0.3 is 21.8 Å². The van der Waals surface area contributed by atoms with Gasteiger partial charge in [-0.2, -0.15) is 21.6 Å². The number of carbonyl (C=O) groups is 2. The van der Waals surface area contributed by atoms with Crippen LogP contribution < -0.4 is 8.92 Å². The van der Waals surface area contributed by atoms with Crippen LogP contribution in [-0.2, 0) is 21.3 Å². The summed E-state index contributed by atoms with van der Waals surface area (Å²) in [5.74, 6) is -2.84. The standard InChI is InChI=1S/C21H18F4O7S/c1-20(2)9-12-8-15(32-33(28,29)21(23,24)25)18(31-19(27)30-3)17(16(12)14(26)10-20)11-4-6-13(22)7-5-11/h4-8H,9-10H2,1-3H3. The number of fused-ring (bicyclic) bond motifs is 1. The minimum Gasteiger partial charge on any atom is -0.437 e. The molecule has 33 heavy (non-hydrogen) atoms. The molecule has 0 atom stereocenters. The topological polar surface area (TPSA) is 96.0 Å². The molecule has 7 nitrogen and oxygen atoms in total. The number of hydrogen-bond acceptors (Lipinski definition) is 7. The number of hydrogen-bond donors (Lipinski definition) is 0. The average molecular weight is 490 g/mol. The first-order valence-corrected chi connectivity index (χ1v) is 10.8. The molecule has 0 spiro atoms. The Kier molecular flexibility index (Phi) is 6.18. The van der Waals surface area contributed by atoms with Gasteiger partial charge in [0.1, 0.15) is 5.82 Å². The van der Waals surface area contributed by atoms with E-state index in [2.05, 4.69) is 8.92 Å². The lowest BCUT2D eigenvalue weighted by molar-refractivity contribution is -0.0500. The van der Waals surface area contributed by atoms with E-state index in [1.54, 1.807) is 13.8 Å². The van der Waals surface area contributed by atoms with Gasteiger partial charge in [0.15, 0.2) is 17.3 Å². The summed E-state index contributed by atoms with van der Waals surface area (Å²) in [7, 11) is -5.25. The molecule has 0 N–H and O–H groups in total. The molecule has 1 aliphatic rings. The number of alkyl halides is 3. The predicted molar refractivity (Wildman–Crippen MR) is 107 cm³/mol. The van der Waals surface area contributed by atoms with Crippen molar-refractivity contribution >= 4 is 22.1 Å². The summed E-state index contributed by atoms with van der Waals surface area (Å²) in [5, 5.41) is 0. The van der Waals surface area contributed by atoms with Crippen LogP contribution in [0.4, 0.5) is 22.4 Å². The Morgan fingerprint density at radius 1 is 1.06 bits per heavy atom. The molecule has 0 radical (unpaired) electrons. The number of methoxy groups -OCH3 is 1. The lowest BCUT2D eigenvalue weighted by Gasteiger charge is -2.32. The maximum absolute atomic E-state index is 13.5. The molecular weight excluding hydrogens is 472 g/mol. The first-order chi connectivity index (χ1) is 15.1. The quantitative estimate of drug-likeness (QED) is 0.195. The molecular formula is C21H18F4O7S. The Morgan fingerprint density at radius 3 is 2.21 bits per heavy atom. The molecule has 0 heterocycles. The van der Waals surface area contributed by atoms with Gasteiger partial charge in [-0.15, -0.1) is 0 Å². The Balaban J connectivity index is 2.39. The summed E-state index contributed by atoms with van der Waals surface area (Å²) in [6.07, 6.45) is -1.19. The second kappa shape index (κ2) is 8.32. The van der Waals surface area contributed by atoms with Crippen molar-refractivity contribution in [2.24, 2.45) is 5.41 Å². The summed E-state index contributed by atoms with van der Waals surface area (Å²) in [6.45, 7) is 3.49. The number of carbonyl (C=O) groups excluding carboxylic acids is 2. The summed E-state index contributed by atoms with van der Waals surface area (Å²) in [6, 6.07) is 5.35. The van der Waals surface area contributed by atoms with Gasteiger partial charge < -0.3 is 13.7 Å². The van der Waals surface area contributed by atoms with Gasteiger partial charge in [0.2, 0.25) is 0 Å². The van der Waals surface area contributed by atoms with Crippen LogP contribution in [-0.4, -0.2) is 33.0 Å². The molecule has 178 valence electrons. The molecule has 0 unspecified atom stereocenters. The van der Waals surface area contributed by atoms with E-state index in [9.17, 15) is 35.6 Å². The molecule has 3 rings (SSSR count). The third kappa shape index (κ3) is 4.95. The second-order valence-electron chi connectivity index (χ2n) is 8.10. The number of ether oxygens (including phenoxy) is 2. The molecule has 2 aromatic rings. The molecule has 1 aliphatic carbocycles. The number of ketones is 1. The third-order valence-corrected chi connectivity index (χ3v) is 5.85. The molecule has 0 saturated carbocycles. The smallest absolute Gasteiger partial charge is 0.437 e. The monoisotopic (exact) mass is 490 g/mol. The fraction of sp³-hybridized carbons (Fsp3) is 0.333. The van der Waals surface area contributed by atoms with E-state index in [-0.39, 0.29) is 35.1 Å². The lowest BCUT2D eigenvalue weighted by Crippen LogP contribution is -2.30. The molecule has 0 amide bonds. The van der Waals surface area contributed by atoms with Crippen molar-refractivity contribution in [3.63, 3.8) is 0 Å². The normalized spacial score (nSPS) is 15.5. The zero-order valence-corrected chi connectivity index (χ0v) is 18.4. The van der Waals surface area contributed by atoms with Crippen LogP contribution in [0.25, 0.3) is 11.1 Å². The first-order valence-electron chi connectivity index (χ1n) is 9.41. The van der Waals surface area contributed by atoms with E-state index in [0.29, 0.717) is 0 Å². The Hall–Kier alpha value is -3.15. The highest BCUT2D eigenvalue weighted by Crippen LogP contribution is 2.49. The van der Waals surface area contributed by atoms with Gasteiger partial charge in [0.25, 0.3) is 0 Å². The van der Waals surface area contributed by atoms with E-state index in [0.717, 1.165) is 25.3 Å². The molecule has 0 fully saturated rings. The van der Waals surface area contributed by atoms with Crippen LogP contribution in [0.5, 0.6) is 11.5 Å². The Bertz CT molecular complexity index is 1220. The summed E-state index contributed by atoms with van der Waals surface area (Å²) >= 11 is 0. The van der Waals surface area contributed by atoms with Crippen LogP contribution in [0.1, 0.15) is 36.2 Å². The molecule has 0 bridgehead atoms. The number of benzene rings is 2. The maximum atomic E-state index is 13.5. The molecule has 0 aromatic heterocycles. The fourth-order valence-electron chi connectivity index (χ4n) is 3.60. The van der Waals surface area contributed by atoms with Crippen molar-refractivity contribution < 1.29 is 49.2 Å². The van der Waals surface area contributed by atoms with E-state index in [1.807, 2.05) is 0 Å². The zero-order chi connectivity index (χ0) is 24.8. The Labute approximate surface area is 186 Å². The van der Waals surface area contributed by atoms with Crippen LogP contribution in [0.3, 0.4) is 0 Å². The second-order valence-corrected chi connectivity index (χ2v) is 9.64. The zero-order valence-electron chi connectivity index (χ0n) is 17.6. The fourth-order valence-corrected chi connectivity index (χ4v) is 4.05. The molecule has 0 aliphatic heterocycles. The predicted octanol–water partition coefficient (Wildman–Crippen LogP) is 5.02. The number of halogens is 4. The van der Waals surface area contributed by atoms with Crippen molar-refractivity contribution in [3.05, 3.63) is 47.3 Å². The minimum atomic E-state index is -6.17. The minimum absolute atomic E-state index is 0.00315. The van der Waals surface area contributed by atoms with E-state index in [4.69, 9.17) is 4.74 Å². The van der Waals surface area contributed by atoms with Crippen LogP contribution in [0, 0.1) is 11.2 Å². The highest BCUT2D eigenvalue weighted by molar-refractivity contribution is 7.88. The molecule has 12 heteroatoms. The van der Waals surface area contributed by atoms with Crippen molar-refractivity contribution in [2.45, 2.75) is 32.2 Å². The largest absolute Gasteiger partial charge is 0.534 e. The lowest BCUT2D eigenvalue weighted by atomic mass is 9.72. The van der Waals surface area contributed by atoms with E-state index in [1.165, 1.54) is 12.1 Å². The van der Waals surface area contributed by atoms with Gasteiger partial charge in [-0.05, 0) is 41.2 Å². The third-order valence-electron chi connectivity index (χ3n) is 4.88. The summed E-state index contributed by atoms with van der Waals surface area (Å²) < 4.78 is 89.8. The number of Topliss-reactive ketones (excluding diaryl/α,β-unsaturated/α-hetero) is 1. The van der Waals surface area contributed by atoms with Gasteiger partial charge in [0, 0.05) is 17.5 Å². The average Bonchev–Trinajstić information content (AvgIpc) is 2.67. The summed E-state index contributed by atoms with van der Waals surface area (Å²) in [5.41, 5.74) is -6.34. The van der Waals surface area contributed by atoms with Crippen molar-refractivity contribution in [2.75, 3.05) is 7.11 Å². The summed E-state index contributed by atoms with van der Waals surface area (Å²) in [4.78, 5) is 24.9. The SMILES string of the molecule is COC(=O)Oc1c(OS(=O)(=O)C(F)(F)F)cc2c(c1-c1ccc(F)cc1)C(=O)CC(C)(C)C2. The maximum Gasteiger partial charge on any atom is 0.534 e. The van der Waals surface area contributed by atoms with Crippen LogP contribution in [0.2, 0.25) is 0 Å². The Morgan fingerprint density at radius 2 is 1.67 bits per heavy atom. The van der Waals surface area contributed by atoms with Crippen molar-refractivity contribution in [1.82, 2.24) is 0 Å². The van der Waals surface area contributed by atoms with Gasteiger partial charge in [-0.3, -0.25) is 4.79 Å². The number of rotatable bonds is 4.